The summed E-state index contributed by atoms with van der Waals surface area (Å²) in [6.07, 6.45) is -2.32. The number of halogens is 3. The third kappa shape index (κ3) is 6.01. The van der Waals surface area contributed by atoms with E-state index in [4.69, 9.17) is 5.73 Å². The van der Waals surface area contributed by atoms with E-state index < -0.39 is 11.7 Å². The van der Waals surface area contributed by atoms with Gasteiger partial charge in [-0.15, -0.1) is 5.11 Å². The van der Waals surface area contributed by atoms with Crippen molar-refractivity contribution in [2.75, 3.05) is 22.9 Å². The Labute approximate surface area is 195 Å². The number of pyridine rings is 1. The molecule has 3 rings (SSSR count). The quantitative estimate of drug-likeness (QED) is 0.239. The molecule has 0 aliphatic rings. The molecule has 0 unspecified atom stereocenters. The van der Waals surface area contributed by atoms with Gasteiger partial charge in [-0.2, -0.15) is 23.5 Å². The summed E-state index contributed by atoms with van der Waals surface area (Å²) in [7, 11) is 0. The third-order valence-electron chi connectivity index (χ3n) is 5.00. The number of azo groups is 1. The molecule has 0 fully saturated rings. The number of nitrogen functional groups attached to an aromatic ring is 1. The summed E-state index contributed by atoms with van der Waals surface area (Å²) in [5, 5.41) is 24.0. The Bertz CT molecular complexity index is 1210. The van der Waals surface area contributed by atoms with E-state index in [9.17, 15) is 18.4 Å². The molecule has 0 bridgehead atoms. The summed E-state index contributed by atoms with van der Waals surface area (Å²) in [6.45, 7) is 4.64. The summed E-state index contributed by atoms with van der Waals surface area (Å²) in [4.78, 5) is 4.25. The first kappa shape index (κ1) is 24.5. The maximum atomic E-state index is 12.9. The van der Waals surface area contributed by atoms with Gasteiger partial charge >= 0.3 is 6.18 Å². The first-order valence-corrected chi connectivity index (χ1v) is 10.6. The van der Waals surface area contributed by atoms with Gasteiger partial charge in [0.1, 0.15) is 11.8 Å². The monoisotopic (exact) mass is 467 g/mol. The lowest BCUT2D eigenvalue weighted by Crippen LogP contribution is -2.04. The van der Waals surface area contributed by atoms with Crippen LogP contribution in [0.5, 0.6) is 0 Å². The molecule has 1 aromatic heterocycles. The maximum absolute atomic E-state index is 12.9. The zero-order valence-corrected chi connectivity index (χ0v) is 18.7. The Hall–Kier alpha value is -4.13. The van der Waals surface area contributed by atoms with Gasteiger partial charge in [-0.1, -0.05) is 19.4 Å². The highest BCUT2D eigenvalue weighted by atomic mass is 19.4. The van der Waals surface area contributed by atoms with Gasteiger partial charge in [-0.25, -0.2) is 4.98 Å². The molecular formula is C24H24F3N7. The smallest absolute Gasteiger partial charge is 0.385 e. The Morgan fingerprint density at radius 2 is 1.79 bits per heavy atom. The van der Waals surface area contributed by atoms with Crippen LogP contribution in [0.2, 0.25) is 0 Å². The van der Waals surface area contributed by atoms with Crippen molar-refractivity contribution in [3.63, 3.8) is 0 Å². The van der Waals surface area contributed by atoms with Gasteiger partial charge in [-0.05, 0) is 55.8 Å². The zero-order valence-electron chi connectivity index (χ0n) is 18.7. The van der Waals surface area contributed by atoms with Gasteiger partial charge in [0.05, 0.1) is 16.8 Å². The standard InChI is InChI=1S/C24H24F3N7/c1-3-4-12-30-17-8-10-18(11-9-17)31-23-20(14-28)15(2)21(22(29)32-23)34-33-19-7-5-6-16(13-19)24(25,26)27/h5-11,13,30H,3-4,12H2,1-2H3,(H3,29,31,32). The topological polar surface area (TPSA) is 111 Å². The molecule has 0 atom stereocenters. The Morgan fingerprint density at radius 1 is 1.09 bits per heavy atom. The van der Waals surface area contributed by atoms with E-state index in [2.05, 4.69) is 38.8 Å². The molecule has 4 N–H and O–H groups in total. The molecule has 1 heterocycles. The second-order valence-electron chi connectivity index (χ2n) is 7.54. The molecule has 176 valence electrons. The fourth-order valence-electron chi connectivity index (χ4n) is 3.14. The van der Waals surface area contributed by atoms with Crippen LogP contribution < -0.4 is 16.4 Å². The van der Waals surface area contributed by atoms with Crippen molar-refractivity contribution in [3.8, 4) is 6.07 Å². The predicted molar refractivity (Wildman–Crippen MR) is 127 cm³/mol. The Morgan fingerprint density at radius 3 is 2.44 bits per heavy atom. The fourth-order valence-corrected chi connectivity index (χ4v) is 3.14. The number of hydrogen-bond donors (Lipinski definition) is 3. The maximum Gasteiger partial charge on any atom is 0.416 e. The van der Waals surface area contributed by atoms with E-state index in [1.54, 1.807) is 6.92 Å². The van der Waals surface area contributed by atoms with E-state index in [0.717, 1.165) is 37.2 Å². The number of rotatable bonds is 8. The number of alkyl halides is 3. The molecule has 34 heavy (non-hydrogen) atoms. The van der Waals surface area contributed by atoms with Crippen molar-refractivity contribution >= 4 is 34.4 Å². The summed E-state index contributed by atoms with van der Waals surface area (Å²) in [6, 6.07) is 14.1. The molecule has 0 radical (unpaired) electrons. The normalized spacial score (nSPS) is 11.4. The molecular weight excluding hydrogens is 443 g/mol. The molecule has 2 aromatic carbocycles. The summed E-state index contributed by atoms with van der Waals surface area (Å²) < 4.78 is 38.8. The molecule has 0 saturated heterocycles. The minimum atomic E-state index is -4.49. The number of nitrogens with zero attached hydrogens (tertiary/aromatic N) is 4. The van der Waals surface area contributed by atoms with Crippen LogP contribution in [0, 0.1) is 18.3 Å². The number of anilines is 4. The van der Waals surface area contributed by atoms with Crippen LogP contribution in [0.15, 0.2) is 58.8 Å². The van der Waals surface area contributed by atoms with Gasteiger partial charge in [0.15, 0.2) is 11.6 Å². The Kier molecular flexibility index (Phi) is 7.68. The number of nitrogens with one attached hydrogen (secondary N) is 2. The minimum absolute atomic E-state index is 0.00182. The predicted octanol–water partition coefficient (Wildman–Crippen LogP) is 7.23. The number of nitriles is 1. The number of hydrogen-bond acceptors (Lipinski definition) is 7. The lowest BCUT2D eigenvalue weighted by atomic mass is 10.1. The van der Waals surface area contributed by atoms with Gasteiger partial charge in [0.25, 0.3) is 0 Å². The number of unbranched alkanes of at least 4 members (excludes halogenated alkanes) is 1. The molecule has 3 aromatic rings. The fraction of sp³-hybridized carbons (Fsp3) is 0.250. The van der Waals surface area contributed by atoms with E-state index in [1.165, 1.54) is 12.1 Å². The summed E-state index contributed by atoms with van der Waals surface area (Å²) in [5.74, 6) is 0.245. The van der Waals surface area contributed by atoms with Gasteiger partial charge < -0.3 is 16.4 Å². The lowest BCUT2D eigenvalue weighted by Gasteiger charge is -2.13. The van der Waals surface area contributed by atoms with Crippen LogP contribution in [-0.4, -0.2) is 11.5 Å². The van der Waals surface area contributed by atoms with Crippen molar-refractivity contribution in [3.05, 3.63) is 65.2 Å². The van der Waals surface area contributed by atoms with Crippen LogP contribution in [0.3, 0.4) is 0 Å². The molecule has 7 nitrogen and oxygen atoms in total. The summed E-state index contributed by atoms with van der Waals surface area (Å²) in [5.41, 5.74) is 7.64. The molecule has 10 heteroatoms. The molecule has 0 saturated carbocycles. The van der Waals surface area contributed by atoms with E-state index >= 15 is 0 Å². The van der Waals surface area contributed by atoms with Crippen molar-refractivity contribution in [2.24, 2.45) is 10.2 Å². The average molecular weight is 467 g/mol. The van der Waals surface area contributed by atoms with Gasteiger partial charge in [0, 0.05) is 23.5 Å². The third-order valence-corrected chi connectivity index (χ3v) is 5.00. The summed E-state index contributed by atoms with van der Waals surface area (Å²) >= 11 is 0. The van der Waals surface area contributed by atoms with Crippen LogP contribution in [0.1, 0.15) is 36.5 Å². The van der Waals surface area contributed by atoms with Crippen molar-refractivity contribution < 1.29 is 13.2 Å². The Balaban J connectivity index is 1.84. The first-order valence-electron chi connectivity index (χ1n) is 10.6. The minimum Gasteiger partial charge on any atom is -0.385 e. The molecule has 0 aliphatic heterocycles. The van der Waals surface area contributed by atoms with Crippen LogP contribution >= 0.6 is 0 Å². The van der Waals surface area contributed by atoms with E-state index in [1.807, 2.05) is 24.3 Å². The van der Waals surface area contributed by atoms with Crippen LogP contribution in [0.4, 0.5) is 47.6 Å². The second-order valence-corrected chi connectivity index (χ2v) is 7.54. The lowest BCUT2D eigenvalue weighted by molar-refractivity contribution is -0.137. The van der Waals surface area contributed by atoms with Crippen molar-refractivity contribution in [1.29, 1.82) is 5.26 Å². The molecule has 0 aliphatic carbocycles. The SMILES string of the molecule is CCCCNc1ccc(Nc2nc(N)c(N=Nc3cccc(C(F)(F)F)c3)c(C)c2C#N)cc1. The van der Waals surface area contributed by atoms with E-state index in [-0.39, 0.29) is 28.6 Å². The zero-order chi connectivity index (χ0) is 24.7. The molecule has 0 spiro atoms. The van der Waals surface area contributed by atoms with Crippen LogP contribution in [-0.2, 0) is 6.18 Å². The largest absolute Gasteiger partial charge is 0.416 e. The highest BCUT2D eigenvalue weighted by Crippen LogP contribution is 2.35. The number of nitrogens with two attached hydrogens (primary N) is 1. The van der Waals surface area contributed by atoms with E-state index in [0.29, 0.717) is 11.3 Å². The number of benzene rings is 2. The highest BCUT2D eigenvalue weighted by molar-refractivity contribution is 5.75. The second kappa shape index (κ2) is 10.7. The van der Waals surface area contributed by atoms with Crippen molar-refractivity contribution in [2.45, 2.75) is 32.9 Å². The number of aromatic nitrogens is 1. The first-order chi connectivity index (χ1) is 16.2. The van der Waals surface area contributed by atoms with Gasteiger partial charge in [-0.3, -0.25) is 0 Å². The van der Waals surface area contributed by atoms with Gasteiger partial charge in [0.2, 0.25) is 0 Å². The molecule has 0 amide bonds. The highest BCUT2D eigenvalue weighted by Gasteiger charge is 2.30. The van der Waals surface area contributed by atoms with Crippen molar-refractivity contribution in [1.82, 2.24) is 4.98 Å². The average Bonchev–Trinajstić information content (AvgIpc) is 2.80. The van der Waals surface area contributed by atoms with Crippen LogP contribution in [0.25, 0.3) is 0 Å².